The average molecular weight is 367 g/mol. The number of nitrogens with two attached hydrogens (primary N) is 1. The van der Waals surface area contributed by atoms with E-state index in [4.69, 9.17) is 17.3 Å². The minimum Gasteiger partial charge on any atom is -0.386 e. The summed E-state index contributed by atoms with van der Waals surface area (Å²) in [5, 5.41) is 3.83. The van der Waals surface area contributed by atoms with Gasteiger partial charge in [-0.3, -0.25) is 0 Å². The van der Waals surface area contributed by atoms with Crippen LogP contribution in [0.25, 0.3) is 5.57 Å². The lowest BCUT2D eigenvalue weighted by Gasteiger charge is -2.28. The van der Waals surface area contributed by atoms with Gasteiger partial charge in [-0.15, -0.1) is 0 Å². The molecule has 3 heteroatoms. The van der Waals surface area contributed by atoms with E-state index in [1.165, 1.54) is 30.4 Å². The maximum atomic E-state index is 6.29. The van der Waals surface area contributed by atoms with Crippen molar-refractivity contribution in [3.8, 4) is 0 Å². The predicted octanol–water partition coefficient (Wildman–Crippen LogP) is 5.60. The molecule has 0 saturated heterocycles. The van der Waals surface area contributed by atoms with Gasteiger partial charge in [0.25, 0.3) is 0 Å². The summed E-state index contributed by atoms with van der Waals surface area (Å²) in [6.07, 6.45) is 12.6. The lowest BCUT2D eigenvalue weighted by atomic mass is 9.76. The molecule has 1 aromatic carbocycles. The molecule has 0 aliphatic heterocycles. The fourth-order valence-corrected chi connectivity index (χ4v) is 4.32. The molecule has 0 spiro atoms. The van der Waals surface area contributed by atoms with Crippen molar-refractivity contribution in [2.24, 2.45) is 17.1 Å². The third-order valence-electron chi connectivity index (χ3n) is 5.67. The highest BCUT2D eigenvalue weighted by molar-refractivity contribution is 6.30. The highest BCUT2D eigenvalue weighted by atomic mass is 35.5. The minimum absolute atomic E-state index is 0.177. The van der Waals surface area contributed by atoms with E-state index in [-0.39, 0.29) is 5.41 Å². The molecule has 0 amide bonds. The third-order valence-corrected chi connectivity index (χ3v) is 5.91. The molecule has 0 aromatic heterocycles. The maximum absolute atomic E-state index is 6.29. The first-order valence-corrected chi connectivity index (χ1v) is 9.49. The predicted molar refractivity (Wildman–Crippen MR) is 113 cm³/mol. The van der Waals surface area contributed by atoms with Gasteiger partial charge in [-0.2, -0.15) is 0 Å². The number of hydrogen-bond acceptors (Lipinski definition) is 2. The van der Waals surface area contributed by atoms with Crippen LogP contribution in [0.1, 0.15) is 31.7 Å². The van der Waals surface area contributed by atoms with Gasteiger partial charge in [0.05, 0.1) is 5.82 Å². The van der Waals surface area contributed by atoms with Crippen molar-refractivity contribution in [2.75, 3.05) is 6.54 Å². The monoisotopic (exact) mass is 366 g/mol. The lowest BCUT2D eigenvalue weighted by molar-refractivity contribution is 0.489. The number of fused-ring (bicyclic) bond motifs is 2. The zero-order valence-corrected chi connectivity index (χ0v) is 16.2. The van der Waals surface area contributed by atoms with Gasteiger partial charge in [0.15, 0.2) is 0 Å². The van der Waals surface area contributed by atoms with E-state index in [1.807, 2.05) is 24.3 Å². The molecular weight excluding hydrogens is 340 g/mol. The third kappa shape index (κ3) is 3.81. The van der Waals surface area contributed by atoms with Crippen LogP contribution >= 0.6 is 11.6 Å². The number of nitrogens with one attached hydrogen (secondary N) is 1. The molecule has 1 fully saturated rings. The highest BCUT2D eigenvalue weighted by Gasteiger charge is 2.42. The van der Waals surface area contributed by atoms with Gasteiger partial charge in [-0.1, -0.05) is 60.7 Å². The first-order chi connectivity index (χ1) is 12.4. The Morgan fingerprint density at radius 3 is 2.81 bits per heavy atom. The summed E-state index contributed by atoms with van der Waals surface area (Å²) < 4.78 is 0. The normalized spacial score (nSPS) is 25.2. The molecule has 136 valence electrons. The molecule has 2 aliphatic rings. The van der Waals surface area contributed by atoms with Crippen molar-refractivity contribution in [2.45, 2.75) is 26.2 Å². The van der Waals surface area contributed by atoms with Crippen molar-refractivity contribution >= 4 is 17.2 Å². The van der Waals surface area contributed by atoms with Crippen LogP contribution in [0.5, 0.6) is 0 Å². The van der Waals surface area contributed by atoms with E-state index < -0.39 is 0 Å². The van der Waals surface area contributed by atoms with Crippen LogP contribution in [0.2, 0.25) is 5.02 Å². The quantitative estimate of drug-likeness (QED) is 0.486. The van der Waals surface area contributed by atoms with Gasteiger partial charge in [0.2, 0.25) is 0 Å². The summed E-state index contributed by atoms with van der Waals surface area (Å²) >= 11 is 6.29. The van der Waals surface area contributed by atoms with Gasteiger partial charge < -0.3 is 11.1 Å². The molecule has 2 nitrogen and oxygen atoms in total. The van der Waals surface area contributed by atoms with Crippen LogP contribution in [0, 0.1) is 11.3 Å². The molecule has 2 atom stereocenters. The molecule has 0 heterocycles. The van der Waals surface area contributed by atoms with Crippen LogP contribution in [-0.4, -0.2) is 6.54 Å². The van der Waals surface area contributed by atoms with E-state index in [0.29, 0.717) is 12.4 Å². The Kier molecular flexibility index (Phi) is 5.43. The Bertz CT molecular complexity index is 815. The standard InChI is InChI=1S/C23H27ClN2/c1-4-18(15-26-17(3)25)12-22(20-6-5-7-21(24)13-20)16(2)23-10-8-19(14-23)9-11-23/h4-8,10,12-13,19,26H,1,3,9,11,14-15,25H2,2H3/b18-12+,22-16-/t19?,23-/m0/s1. The Balaban J connectivity index is 2.07. The summed E-state index contributed by atoms with van der Waals surface area (Å²) in [4.78, 5) is 0. The fraction of sp³-hybridized carbons (Fsp3) is 0.304. The first-order valence-electron chi connectivity index (χ1n) is 9.11. The summed E-state index contributed by atoms with van der Waals surface area (Å²) in [5.74, 6) is 1.19. The summed E-state index contributed by atoms with van der Waals surface area (Å²) in [7, 11) is 0. The zero-order valence-electron chi connectivity index (χ0n) is 15.4. The highest BCUT2D eigenvalue weighted by Crippen LogP contribution is 2.55. The Morgan fingerprint density at radius 2 is 2.27 bits per heavy atom. The van der Waals surface area contributed by atoms with Gasteiger partial charge in [-0.25, -0.2) is 0 Å². The number of hydrogen-bond donors (Lipinski definition) is 2. The first kappa shape index (κ1) is 18.6. The fourth-order valence-electron chi connectivity index (χ4n) is 4.13. The second-order valence-corrected chi connectivity index (χ2v) is 7.81. The summed E-state index contributed by atoms with van der Waals surface area (Å²) in [6, 6.07) is 8.08. The molecule has 3 N–H and O–H groups in total. The molecule has 0 radical (unpaired) electrons. The molecule has 2 aliphatic carbocycles. The summed E-state index contributed by atoms with van der Waals surface area (Å²) in [5.41, 5.74) is 10.7. The Morgan fingerprint density at radius 1 is 1.46 bits per heavy atom. The molecule has 3 rings (SSSR count). The van der Waals surface area contributed by atoms with Crippen LogP contribution in [0.3, 0.4) is 0 Å². The zero-order chi connectivity index (χ0) is 18.7. The van der Waals surface area contributed by atoms with Crippen molar-refractivity contribution in [1.82, 2.24) is 5.32 Å². The molecule has 1 unspecified atom stereocenters. The minimum atomic E-state index is 0.177. The lowest BCUT2D eigenvalue weighted by Crippen LogP contribution is -2.21. The number of benzene rings is 1. The Labute approximate surface area is 161 Å². The van der Waals surface area contributed by atoms with Crippen molar-refractivity contribution in [3.05, 3.63) is 89.3 Å². The van der Waals surface area contributed by atoms with E-state index >= 15 is 0 Å². The number of halogens is 1. The maximum Gasteiger partial charge on any atom is 0.0888 e. The van der Waals surface area contributed by atoms with Gasteiger partial charge in [-0.05, 0) is 67.0 Å². The van der Waals surface area contributed by atoms with E-state index in [9.17, 15) is 0 Å². The average Bonchev–Trinajstić information content (AvgIpc) is 3.23. The van der Waals surface area contributed by atoms with Gasteiger partial charge >= 0.3 is 0 Å². The SMILES string of the molecule is C=C/C(=C\C(=C(/C)[C@@]12C=CC(CC1)C2)c1cccc(Cl)c1)CNC(=C)N. The van der Waals surface area contributed by atoms with E-state index in [2.05, 4.69) is 49.7 Å². The smallest absolute Gasteiger partial charge is 0.0888 e. The second kappa shape index (κ2) is 7.59. The number of allylic oxidation sites excluding steroid dienone is 5. The van der Waals surface area contributed by atoms with E-state index in [1.54, 1.807) is 0 Å². The van der Waals surface area contributed by atoms with Crippen molar-refractivity contribution in [1.29, 1.82) is 0 Å². The largest absolute Gasteiger partial charge is 0.386 e. The van der Waals surface area contributed by atoms with Gasteiger partial charge in [0.1, 0.15) is 0 Å². The molecule has 1 saturated carbocycles. The summed E-state index contributed by atoms with van der Waals surface area (Å²) in [6.45, 7) is 10.5. The van der Waals surface area contributed by atoms with E-state index in [0.717, 1.165) is 22.1 Å². The molecule has 26 heavy (non-hydrogen) atoms. The molecule has 1 aromatic rings. The van der Waals surface area contributed by atoms with Crippen molar-refractivity contribution < 1.29 is 0 Å². The molecular formula is C23H27ClN2. The second-order valence-electron chi connectivity index (χ2n) is 7.37. The van der Waals surface area contributed by atoms with Crippen LogP contribution in [0.15, 0.2) is 78.7 Å². The van der Waals surface area contributed by atoms with Crippen LogP contribution in [0.4, 0.5) is 0 Å². The van der Waals surface area contributed by atoms with Crippen molar-refractivity contribution in [3.63, 3.8) is 0 Å². The van der Waals surface area contributed by atoms with Crippen LogP contribution < -0.4 is 11.1 Å². The van der Waals surface area contributed by atoms with Gasteiger partial charge in [0, 0.05) is 17.0 Å². The topological polar surface area (TPSA) is 38.0 Å². The Hall–Kier alpha value is -2.19. The van der Waals surface area contributed by atoms with Crippen LogP contribution in [-0.2, 0) is 0 Å². The molecule has 2 bridgehead atoms. The number of rotatable bonds is 7.